The first-order valence-electron chi connectivity index (χ1n) is 5.64. The fraction of sp³-hybridized carbons (Fsp3) is 0.0769. The van der Waals surface area contributed by atoms with E-state index in [1.54, 1.807) is 19.2 Å². The number of anilines is 1. The van der Waals surface area contributed by atoms with Crippen LogP contribution in [0.2, 0.25) is 0 Å². The Hall–Kier alpha value is -2.76. The number of aromatic carboxylic acids is 1. The van der Waals surface area contributed by atoms with Crippen LogP contribution in [0, 0.1) is 6.92 Å². The second kappa shape index (κ2) is 3.88. The highest BCUT2D eigenvalue weighted by atomic mass is 16.4. The van der Waals surface area contributed by atoms with Gasteiger partial charge >= 0.3 is 5.97 Å². The van der Waals surface area contributed by atoms with Gasteiger partial charge in [0.05, 0.1) is 11.4 Å². The van der Waals surface area contributed by atoms with Crippen molar-refractivity contribution in [3.63, 3.8) is 0 Å². The number of oxazole rings is 1. The number of nitrogens with two attached hydrogens (primary N) is 1. The molecule has 0 unspecified atom stereocenters. The van der Waals surface area contributed by atoms with Gasteiger partial charge in [0.15, 0.2) is 0 Å². The van der Waals surface area contributed by atoms with Crippen molar-refractivity contribution in [1.29, 1.82) is 0 Å². The summed E-state index contributed by atoms with van der Waals surface area (Å²) >= 11 is 0. The average Bonchev–Trinajstić information content (AvgIpc) is 2.93. The van der Waals surface area contributed by atoms with Gasteiger partial charge in [-0.2, -0.15) is 0 Å². The number of H-pyrrole nitrogens is 1. The smallest absolute Gasteiger partial charge is 0.373 e. The van der Waals surface area contributed by atoms with Crippen molar-refractivity contribution in [2.24, 2.45) is 0 Å². The third-order valence-electron chi connectivity index (χ3n) is 2.95. The Kier molecular flexibility index (Phi) is 2.31. The minimum Gasteiger partial charge on any atom is -0.475 e. The number of benzene rings is 1. The number of aromatic amines is 1. The molecule has 0 saturated heterocycles. The number of carboxylic acid groups (broad SMARTS) is 1. The molecule has 96 valence electrons. The number of hydrogen-bond donors (Lipinski definition) is 3. The summed E-state index contributed by atoms with van der Waals surface area (Å²) in [5.74, 6) is -0.993. The van der Waals surface area contributed by atoms with E-state index in [4.69, 9.17) is 15.3 Å². The molecule has 0 spiro atoms. The highest BCUT2D eigenvalue weighted by molar-refractivity contribution is 5.94. The van der Waals surface area contributed by atoms with Gasteiger partial charge in [-0.25, -0.2) is 9.78 Å². The number of aromatic nitrogens is 2. The number of hydrogen-bond acceptors (Lipinski definition) is 4. The van der Waals surface area contributed by atoms with E-state index >= 15 is 0 Å². The lowest BCUT2D eigenvalue weighted by molar-refractivity contribution is 0.0662. The van der Waals surface area contributed by atoms with Crippen LogP contribution in [0.4, 0.5) is 5.69 Å². The molecule has 0 aliphatic carbocycles. The second-order valence-electron chi connectivity index (χ2n) is 4.24. The summed E-state index contributed by atoms with van der Waals surface area (Å²) in [4.78, 5) is 18.1. The zero-order chi connectivity index (χ0) is 13.6. The Bertz CT molecular complexity index is 786. The Labute approximate surface area is 107 Å². The van der Waals surface area contributed by atoms with E-state index in [1.165, 1.54) is 0 Å². The van der Waals surface area contributed by atoms with Crippen LogP contribution in [-0.4, -0.2) is 21.0 Å². The lowest BCUT2D eigenvalue weighted by Gasteiger charge is -1.97. The Morgan fingerprint density at radius 3 is 2.95 bits per heavy atom. The van der Waals surface area contributed by atoms with E-state index in [2.05, 4.69) is 9.97 Å². The van der Waals surface area contributed by atoms with Crippen molar-refractivity contribution in [3.8, 4) is 11.5 Å². The summed E-state index contributed by atoms with van der Waals surface area (Å²) in [6.07, 6.45) is 1.71. The van der Waals surface area contributed by atoms with Gasteiger partial charge < -0.3 is 20.2 Å². The molecule has 3 aromatic rings. The van der Waals surface area contributed by atoms with E-state index in [9.17, 15) is 4.79 Å². The van der Waals surface area contributed by atoms with Gasteiger partial charge in [0, 0.05) is 22.7 Å². The molecular formula is C13H11N3O3. The molecule has 6 nitrogen and oxygen atoms in total. The molecule has 2 heterocycles. The summed E-state index contributed by atoms with van der Waals surface area (Å²) in [7, 11) is 0. The highest BCUT2D eigenvalue weighted by Gasteiger charge is 2.17. The monoisotopic (exact) mass is 257 g/mol. The number of nitrogens with one attached hydrogen (secondary N) is 1. The van der Waals surface area contributed by atoms with Crippen molar-refractivity contribution >= 4 is 22.6 Å². The predicted octanol–water partition coefficient (Wildman–Crippen LogP) is 2.41. The largest absolute Gasteiger partial charge is 0.475 e. The van der Waals surface area contributed by atoms with Gasteiger partial charge in [0.1, 0.15) is 0 Å². The number of carbonyl (C=O) groups is 1. The summed E-state index contributed by atoms with van der Waals surface area (Å²) in [5, 5.41) is 9.80. The van der Waals surface area contributed by atoms with Crippen LogP contribution in [0.15, 0.2) is 28.8 Å². The Morgan fingerprint density at radius 1 is 1.47 bits per heavy atom. The third kappa shape index (κ3) is 1.74. The minimum atomic E-state index is -1.13. The lowest BCUT2D eigenvalue weighted by Crippen LogP contribution is -1.95. The number of carboxylic acids is 1. The van der Waals surface area contributed by atoms with Crippen molar-refractivity contribution in [1.82, 2.24) is 9.97 Å². The zero-order valence-corrected chi connectivity index (χ0v) is 10.1. The van der Waals surface area contributed by atoms with Gasteiger partial charge in [0.2, 0.25) is 11.7 Å². The molecule has 0 amide bonds. The molecule has 4 N–H and O–H groups in total. The fourth-order valence-corrected chi connectivity index (χ4v) is 1.99. The van der Waals surface area contributed by atoms with Gasteiger partial charge in [0.25, 0.3) is 0 Å². The Balaban J connectivity index is 2.15. The topological polar surface area (TPSA) is 105 Å². The number of aryl methyl sites for hydroxylation is 1. The first kappa shape index (κ1) is 11.3. The van der Waals surface area contributed by atoms with Crippen LogP contribution in [0.1, 0.15) is 16.2 Å². The first-order chi connectivity index (χ1) is 9.06. The first-order valence-corrected chi connectivity index (χ1v) is 5.64. The molecule has 3 rings (SSSR count). The summed E-state index contributed by atoms with van der Waals surface area (Å²) in [5.41, 5.74) is 8.40. The predicted molar refractivity (Wildman–Crippen MR) is 69.9 cm³/mol. The van der Waals surface area contributed by atoms with Gasteiger partial charge in [-0.1, -0.05) is 0 Å². The quantitative estimate of drug-likeness (QED) is 0.653. The van der Waals surface area contributed by atoms with Crippen LogP contribution in [0.5, 0.6) is 0 Å². The molecule has 0 radical (unpaired) electrons. The van der Waals surface area contributed by atoms with E-state index in [-0.39, 0.29) is 11.7 Å². The van der Waals surface area contributed by atoms with Crippen molar-refractivity contribution in [3.05, 3.63) is 35.9 Å². The van der Waals surface area contributed by atoms with Crippen LogP contribution >= 0.6 is 0 Å². The third-order valence-corrected chi connectivity index (χ3v) is 2.95. The lowest BCUT2D eigenvalue weighted by atomic mass is 10.1. The van der Waals surface area contributed by atoms with Gasteiger partial charge in [-0.3, -0.25) is 0 Å². The summed E-state index contributed by atoms with van der Waals surface area (Å²) in [6.45, 7) is 1.60. The molecule has 0 atom stereocenters. The van der Waals surface area contributed by atoms with Crippen LogP contribution in [-0.2, 0) is 0 Å². The number of nitrogens with zero attached hydrogens (tertiary/aromatic N) is 1. The molecule has 19 heavy (non-hydrogen) atoms. The molecule has 1 aromatic carbocycles. The standard InChI is InChI=1S/C13H11N3O3/c1-6-11(13(17)18)19-12(16-6)7-2-3-10-8(4-7)9(14)5-15-10/h2-5,15H,14H2,1H3,(H,17,18). The maximum atomic E-state index is 10.9. The van der Waals surface area contributed by atoms with Crippen molar-refractivity contribution in [2.45, 2.75) is 6.92 Å². The van der Waals surface area contributed by atoms with Crippen LogP contribution in [0.25, 0.3) is 22.4 Å². The minimum absolute atomic E-state index is 0.142. The maximum absolute atomic E-state index is 10.9. The summed E-state index contributed by atoms with van der Waals surface area (Å²) in [6, 6.07) is 5.47. The van der Waals surface area contributed by atoms with Crippen LogP contribution in [0.3, 0.4) is 0 Å². The maximum Gasteiger partial charge on any atom is 0.373 e. The van der Waals surface area contributed by atoms with Crippen molar-refractivity contribution < 1.29 is 14.3 Å². The Morgan fingerprint density at radius 2 is 2.26 bits per heavy atom. The van der Waals surface area contributed by atoms with Gasteiger partial charge in [-0.05, 0) is 25.1 Å². The van der Waals surface area contributed by atoms with E-state index < -0.39 is 5.97 Å². The van der Waals surface area contributed by atoms with E-state index in [0.29, 0.717) is 16.9 Å². The van der Waals surface area contributed by atoms with E-state index in [1.807, 2.05) is 12.1 Å². The molecule has 0 saturated carbocycles. The second-order valence-corrected chi connectivity index (χ2v) is 4.24. The normalized spacial score (nSPS) is 11.0. The van der Waals surface area contributed by atoms with Crippen LogP contribution < -0.4 is 5.73 Å². The number of nitrogen functional groups attached to an aromatic ring is 1. The molecule has 2 aromatic heterocycles. The fourth-order valence-electron chi connectivity index (χ4n) is 1.99. The zero-order valence-electron chi connectivity index (χ0n) is 10.1. The van der Waals surface area contributed by atoms with Crippen molar-refractivity contribution in [2.75, 3.05) is 5.73 Å². The molecule has 0 aliphatic heterocycles. The molecular weight excluding hydrogens is 246 g/mol. The average molecular weight is 257 g/mol. The molecule has 0 aliphatic rings. The summed E-state index contributed by atoms with van der Waals surface area (Å²) < 4.78 is 5.27. The molecule has 0 bridgehead atoms. The van der Waals surface area contributed by atoms with Gasteiger partial charge in [-0.15, -0.1) is 0 Å². The van der Waals surface area contributed by atoms with E-state index in [0.717, 1.165) is 10.9 Å². The SMILES string of the molecule is Cc1nc(-c2ccc3[nH]cc(N)c3c2)oc1C(=O)O. The number of fused-ring (bicyclic) bond motifs is 1. The molecule has 6 heteroatoms. The highest BCUT2D eigenvalue weighted by Crippen LogP contribution is 2.28. The number of rotatable bonds is 2. The molecule has 0 fully saturated rings.